The third kappa shape index (κ3) is 5.96. The van der Waals surface area contributed by atoms with Crippen molar-refractivity contribution in [2.24, 2.45) is 5.41 Å². The third-order valence-corrected chi connectivity index (χ3v) is 8.92. The molecule has 39 heavy (non-hydrogen) atoms. The van der Waals surface area contributed by atoms with E-state index in [1.54, 1.807) is 12.1 Å². The number of benzene rings is 3. The zero-order chi connectivity index (χ0) is 27.6. The van der Waals surface area contributed by atoms with Gasteiger partial charge in [0.25, 0.3) is 5.91 Å². The highest BCUT2D eigenvalue weighted by Gasteiger charge is 2.38. The fourth-order valence-electron chi connectivity index (χ4n) is 6.54. The van der Waals surface area contributed by atoms with Crippen molar-refractivity contribution in [1.29, 1.82) is 0 Å². The molecule has 1 aliphatic carbocycles. The highest BCUT2D eigenvalue weighted by molar-refractivity contribution is 6.34. The molecule has 1 aliphatic heterocycles. The number of anilines is 1. The van der Waals surface area contributed by atoms with Crippen LogP contribution >= 0.6 is 11.6 Å². The Balaban J connectivity index is 1.37. The molecule has 2 N–H and O–H groups in total. The van der Waals surface area contributed by atoms with Crippen LogP contribution in [0.3, 0.4) is 0 Å². The van der Waals surface area contributed by atoms with Crippen molar-refractivity contribution in [1.82, 2.24) is 4.90 Å². The van der Waals surface area contributed by atoms with Gasteiger partial charge in [0.2, 0.25) is 5.91 Å². The van der Waals surface area contributed by atoms with Crippen LogP contribution in [-0.4, -0.2) is 40.9 Å². The minimum Gasteiger partial charge on any atom is -0.481 e. The molecule has 0 radical (unpaired) electrons. The standard InChI is InChI=1S/C32H35ClN2O4/c1-21-17-26(31(39)35-15-13-32(14-16-35)11-4-5-12-32)30(27(33)18-21)34-28(36)19-23(20-29(37)38)25-10-6-8-22-7-2-3-9-24(22)25/h2-3,6-10,17-18,23H,4-5,11-16,19-20H2,1H3,(H,34,36)(H,37,38)/t23-/m1/s1. The zero-order valence-electron chi connectivity index (χ0n) is 22.3. The number of carbonyl (C=O) groups is 3. The Morgan fingerprint density at radius 2 is 1.67 bits per heavy atom. The molecule has 1 saturated heterocycles. The molecule has 3 aromatic rings. The average molecular weight is 547 g/mol. The van der Waals surface area contributed by atoms with Crippen molar-refractivity contribution in [2.75, 3.05) is 18.4 Å². The molecule has 1 spiro atoms. The number of amides is 2. The molecule has 204 valence electrons. The van der Waals surface area contributed by atoms with Crippen LogP contribution in [0.15, 0.2) is 54.6 Å². The summed E-state index contributed by atoms with van der Waals surface area (Å²) in [5.41, 5.74) is 2.72. The van der Waals surface area contributed by atoms with E-state index in [0.29, 0.717) is 34.8 Å². The number of hydrogen-bond acceptors (Lipinski definition) is 3. The van der Waals surface area contributed by atoms with Crippen LogP contribution < -0.4 is 5.32 Å². The maximum Gasteiger partial charge on any atom is 0.303 e. The van der Waals surface area contributed by atoms with Crippen molar-refractivity contribution in [3.05, 3.63) is 76.3 Å². The highest BCUT2D eigenvalue weighted by atomic mass is 35.5. The number of aryl methyl sites for hydroxylation is 1. The van der Waals surface area contributed by atoms with Crippen molar-refractivity contribution in [3.8, 4) is 0 Å². The summed E-state index contributed by atoms with van der Waals surface area (Å²) in [6, 6.07) is 17.0. The summed E-state index contributed by atoms with van der Waals surface area (Å²) in [7, 11) is 0. The van der Waals surface area contributed by atoms with Crippen molar-refractivity contribution in [3.63, 3.8) is 0 Å². The number of rotatable bonds is 7. The third-order valence-electron chi connectivity index (χ3n) is 8.62. The lowest BCUT2D eigenvalue weighted by Gasteiger charge is -2.39. The lowest BCUT2D eigenvalue weighted by atomic mass is 9.77. The number of nitrogens with one attached hydrogen (secondary N) is 1. The van der Waals surface area contributed by atoms with Crippen LogP contribution in [0.2, 0.25) is 5.02 Å². The van der Waals surface area contributed by atoms with Gasteiger partial charge in [0, 0.05) is 25.4 Å². The number of piperidine rings is 1. The van der Waals surface area contributed by atoms with E-state index in [4.69, 9.17) is 11.6 Å². The first-order valence-electron chi connectivity index (χ1n) is 13.8. The fraction of sp³-hybridized carbons (Fsp3) is 0.406. The number of fused-ring (bicyclic) bond motifs is 1. The van der Waals surface area contributed by atoms with E-state index in [-0.39, 0.29) is 24.7 Å². The molecule has 7 heteroatoms. The molecular formula is C32H35ClN2O4. The van der Waals surface area contributed by atoms with Gasteiger partial charge in [-0.25, -0.2) is 0 Å². The van der Waals surface area contributed by atoms with Crippen LogP contribution in [0, 0.1) is 12.3 Å². The van der Waals surface area contributed by atoms with Gasteiger partial charge in [-0.15, -0.1) is 0 Å². The number of carboxylic acids is 1. The summed E-state index contributed by atoms with van der Waals surface area (Å²) in [6.07, 6.45) is 6.85. The molecule has 3 aromatic carbocycles. The van der Waals surface area contributed by atoms with Gasteiger partial charge in [-0.2, -0.15) is 0 Å². The van der Waals surface area contributed by atoms with Crippen LogP contribution in [-0.2, 0) is 9.59 Å². The summed E-state index contributed by atoms with van der Waals surface area (Å²) in [5, 5.41) is 14.7. The van der Waals surface area contributed by atoms with Gasteiger partial charge in [-0.3, -0.25) is 14.4 Å². The largest absolute Gasteiger partial charge is 0.481 e. The SMILES string of the molecule is Cc1cc(Cl)c(NC(=O)C[C@H](CC(=O)O)c2cccc3ccccc23)c(C(=O)N2CCC3(CCCC3)CC2)c1. The highest BCUT2D eigenvalue weighted by Crippen LogP contribution is 2.46. The molecule has 2 fully saturated rings. The van der Waals surface area contributed by atoms with Gasteiger partial charge < -0.3 is 15.3 Å². The van der Waals surface area contributed by atoms with Crippen LogP contribution in [0.4, 0.5) is 5.69 Å². The van der Waals surface area contributed by atoms with E-state index in [2.05, 4.69) is 5.32 Å². The van der Waals surface area contributed by atoms with E-state index in [1.807, 2.05) is 54.3 Å². The first-order chi connectivity index (χ1) is 18.7. The quantitative estimate of drug-likeness (QED) is 0.328. The molecule has 1 heterocycles. The van der Waals surface area contributed by atoms with Gasteiger partial charge >= 0.3 is 5.97 Å². The van der Waals surface area contributed by atoms with E-state index in [1.165, 1.54) is 25.7 Å². The van der Waals surface area contributed by atoms with E-state index < -0.39 is 11.9 Å². The fourth-order valence-corrected chi connectivity index (χ4v) is 6.86. The Morgan fingerprint density at radius 3 is 2.38 bits per heavy atom. The zero-order valence-corrected chi connectivity index (χ0v) is 23.1. The van der Waals surface area contributed by atoms with Gasteiger partial charge in [0.1, 0.15) is 0 Å². The lowest BCUT2D eigenvalue weighted by Crippen LogP contribution is -2.42. The normalized spacial score (nSPS) is 17.3. The molecule has 1 atom stereocenters. The molecule has 0 unspecified atom stereocenters. The Morgan fingerprint density at radius 1 is 0.974 bits per heavy atom. The second-order valence-electron chi connectivity index (χ2n) is 11.3. The van der Waals surface area contributed by atoms with Gasteiger partial charge in [-0.05, 0) is 72.1 Å². The maximum atomic E-state index is 13.7. The molecule has 6 nitrogen and oxygen atoms in total. The van der Waals surface area contributed by atoms with Crippen LogP contribution in [0.25, 0.3) is 10.8 Å². The minimum absolute atomic E-state index is 0.0512. The summed E-state index contributed by atoms with van der Waals surface area (Å²) in [4.78, 5) is 40.7. The minimum atomic E-state index is -0.977. The molecule has 2 amide bonds. The molecule has 0 bridgehead atoms. The Hall–Kier alpha value is -3.38. The van der Waals surface area contributed by atoms with Gasteiger partial charge in [0.05, 0.1) is 22.7 Å². The van der Waals surface area contributed by atoms with Crippen molar-refractivity contribution in [2.45, 2.75) is 64.2 Å². The topological polar surface area (TPSA) is 86.7 Å². The Bertz CT molecular complexity index is 1400. The summed E-state index contributed by atoms with van der Waals surface area (Å²) in [5.74, 6) is -2.02. The predicted molar refractivity (Wildman–Crippen MR) is 154 cm³/mol. The Labute approximate surface area is 234 Å². The second kappa shape index (κ2) is 11.4. The smallest absolute Gasteiger partial charge is 0.303 e. The molecule has 0 aromatic heterocycles. The van der Waals surface area contributed by atoms with Crippen molar-refractivity contribution < 1.29 is 19.5 Å². The van der Waals surface area contributed by atoms with Crippen molar-refractivity contribution >= 4 is 45.8 Å². The number of nitrogens with zero attached hydrogens (tertiary/aromatic N) is 1. The number of halogens is 1. The number of carboxylic acid groups (broad SMARTS) is 1. The number of likely N-dealkylation sites (tertiary alicyclic amines) is 1. The summed E-state index contributed by atoms with van der Waals surface area (Å²) < 4.78 is 0. The maximum absolute atomic E-state index is 13.7. The average Bonchev–Trinajstić information content (AvgIpc) is 3.37. The number of hydrogen-bond donors (Lipinski definition) is 2. The first-order valence-corrected chi connectivity index (χ1v) is 14.2. The second-order valence-corrected chi connectivity index (χ2v) is 11.7. The van der Waals surface area contributed by atoms with E-state index in [0.717, 1.165) is 34.7 Å². The van der Waals surface area contributed by atoms with E-state index in [9.17, 15) is 19.5 Å². The summed E-state index contributed by atoms with van der Waals surface area (Å²) in [6.45, 7) is 3.29. The van der Waals surface area contributed by atoms with Crippen LogP contribution in [0.1, 0.15) is 78.8 Å². The molecule has 2 aliphatic rings. The monoisotopic (exact) mass is 546 g/mol. The predicted octanol–water partition coefficient (Wildman–Crippen LogP) is 7.19. The Kier molecular flexibility index (Phi) is 7.94. The number of aliphatic carboxylic acids is 1. The summed E-state index contributed by atoms with van der Waals surface area (Å²) >= 11 is 6.60. The number of carbonyl (C=O) groups excluding carboxylic acids is 2. The lowest BCUT2D eigenvalue weighted by molar-refractivity contribution is -0.137. The van der Waals surface area contributed by atoms with E-state index >= 15 is 0 Å². The van der Waals surface area contributed by atoms with Crippen LogP contribution in [0.5, 0.6) is 0 Å². The van der Waals surface area contributed by atoms with Gasteiger partial charge in [0.15, 0.2) is 0 Å². The molecule has 5 rings (SSSR count). The van der Waals surface area contributed by atoms with Gasteiger partial charge in [-0.1, -0.05) is 66.9 Å². The molecule has 1 saturated carbocycles. The first kappa shape index (κ1) is 27.2. The molecular weight excluding hydrogens is 512 g/mol.